The SMILES string of the molecule is c1ccc2nc(-c3ccc4nc(-c5ccc6cncnc6c5)ccc4c3)cnc2c1. The van der Waals surface area contributed by atoms with Crippen LogP contribution < -0.4 is 0 Å². The maximum absolute atomic E-state index is 4.86. The maximum atomic E-state index is 4.86. The van der Waals surface area contributed by atoms with Crippen molar-refractivity contribution < 1.29 is 0 Å². The third kappa shape index (κ3) is 2.84. The van der Waals surface area contributed by atoms with Crippen LogP contribution in [0.15, 0.2) is 91.5 Å². The van der Waals surface area contributed by atoms with Crippen molar-refractivity contribution in [3.8, 4) is 22.5 Å². The largest absolute Gasteiger partial charge is 0.252 e. The molecule has 5 heteroatoms. The molecule has 140 valence electrons. The Morgan fingerprint density at radius 1 is 0.500 bits per heavy atom. The van der Waals surface area contributed by atoms with E-state index in [1.807, 2.05) is 67.0 Å². The number of hydrogen-bond acceptors (Lipinski definition) is 5. The van der Waals surface area contributed by atoms with Crippen molar-refractivity contribution in [2.75, 3.05) is 0 Å². The number of fused-ring (bicyclic) bond motifs is 3. The van der Waals surface area contributed by atoms with Gasteiger partial charge in [0.05, 0.1) is 39.7 Å². The molecule has 0 aliphatic heterocycles. The summed E-state index contributed by atoms with van der Waals surface area (Å²) in [5.41, 5.74) is 7.47. The van der Waals surface area contributed by atoms with Crippen LogP contribution in [0.2, 0.25) is 0 Å². The van der Waals surface area contributed by atoms with Gasteiger partial charge in [0, 0.05) is 28.1 Å². The molecule has 0 fully saturated rings. The molecule has 0 radical (unpaired) electrons. The molecule has 0 N–H and O–H groups in total. The zero-order valence-corrected chi connectivity index (χ0v) is 15.9. The van der Waals surface area contributed by atoms with E-state index >= 15 is 0 Å². The van der Waals surface area contributed by atoms with Crippen molar-refractivity contribution in [1.82, 2.24) is 24.9 Å². The fourth-order valence-electron chi connectivity index (χ4n) is 3.68. The fourth-order valence-corrected chi connectivity index (χ4v) is 3.68. The van der Waals surface area contributed by atoms with Gasteiger partial charge in [0.15, 0.2) is 0 Å². The summed E-state index contributed by atoms with van der Waals surface area (Å²) in [6.07, 6.45) is 5.20. The summed E-state index contributed by atoms with van der Waals surface area (Å²) in [7, 11) is 0. The summed E-state index contributed by atoms with van der Waals surface area (Å²) in [6, 6.07) is 24.4. The minimum absolute atomic E-state index is 0.855. The normalized spacial score (nSPS) is 11.3. The van der Waals surface area contributed by atoms with Gasteiger partial charge in [0.2, 0.25) is 0 Å². The summed E-state index contributed by atoms with van der Waals surface area (Å²) >= 11 is 0. The van der Waals surface area contributed by atoms with Crippen LogP contribution in [0.25, 0.3) is 55.4 Å². The van der Waals surface area contributed by atoms with Crippen LogP contribution in [0.1, 0.15) is 0 Å². The van der Waals surface area contributed by atoms with Gasteiger partial charge in [-0.25, -0.2) is 19.9 Å². The monoisotopic (exact) mass is 385 g/mol. The number of benzene rings is 3. The third-order valence-electron chi connectivity index (χ3n) is 5.24. The van der Waals surface area contributed by atoms with Crippen LogP contribution in [0, 0.1) is 0 Å². The Balaban J connectivity index is 1.41. The van der Waals surface area contributed by atoms with Crippen molar-refractivity contribution >= 4 is 32.8 Å². The summed E-state index contributed by atoms with van der Waals surface area (Å²) in [6.45, 7) is 0. The van der Waals surface area contributed by atoms with Gasteiger partial charge in [-0.1, -0.05) is 36.4 Å². The molecule has 5 nitrogen and oxygen atoms in total. The first-order valence-corrected chi connectivity index (χ1v) is 9.67. The zero-order chi connectivity index (χ0) is 19.9. The predicted molar refractivity (Wildman–Crippen MR) is 119 cm³/mol. The molecule has 0 aliphatic carbocycles. The summed E-state index contributed by atoms with van der Waals surface area (Å²) < 4.78 is 0. The molecular formula is C25H15N5. The second kappa shape index (κ2) is 6.67. The molecule has 3 heterocycles. The van der Waals surface area contributed by atoms with E-state index in [-0.39, 0.29) is 0 Å². The molecule has 0 saturated carbocycles. The van der Waals surface area contributed by atoms with Crippen molar-refractivity contribution in [3.63, 3.8) is 0 Å². The molecule has 0 amide bonds. The van der Waals surface area contributed by atoms with Gasteiger partial charge in [-0.05, 0) is 36.4 Å². The lowest BCUT2D eigenvalue weighted by molar-refractivity contribution is 1.22. The lowest BCUT2D eigenvalue weighted by atomic mass is 10.1. The number of hydrogen-bond donors (Lipinski definition) is 0. The fraction of sp³-hybridized carbons (Fsp3) is 0. The van der Waals surface area contributed by atoms with E-state index in [4.69, 9.17) is 9.97 Å². The minimum Gasteiger partial charge on any atom is -0.252 e. The molecule has 6 aromatic rings. The lowest BCUT2D eigenvalue weighted by Gasteiger charge is -2.07. The summed E-state index contributed by atoms with van der Waals surface area (Å²) in [4.78, 5) is 22.6. The van der Waals surface area contributed by atoms with Crippen molar-refractivity contribution in [2.45, 2.75) is 0 Å². The molecule has 3 aromatic carbocycles. The number of pyridine rings is 1. The van der Waals surface area contributed by atoms with E-state index in [2.05, 4.69) is 33.2 Å². The van der Waals surface area contributed by atoms with Gasteiger partial charge >= 0.3 is 0 Å². The molecule has 30 heavy (non-hydrogen) atoms. The Bertz CT molecular complexity index is 1440. The van der Waals surface area contributed by atoms with E-state index in [0.717, 1.165) is 55.4 Å². The van der Waals surface area contributed by atoms with Crippen LogP contribution in [0.5, 0.6) is 0 Å². The van der Waals surface area contributed by atoms with Crippen LogP contribution >= 0.6 is 0 Å². The van der Waals surface area contributed by atoms with Gasteiger partial charge in [-0.2, -0.15) is 0 Å². The van der Waals surface area contributed by atoms with E-state index in [1.54, 1.807) is 6.33 Å². The third-order valence-corrected chi connectivity index (χ3v) is 5.24. The number of para-hydroxylation sites is 2. The molecule has 6 rings (SSSR count). The highest BCUT2D eigenvalue weighted by atomic mass is 14.8. The molecule has 0 bridgehead atoms. The molecule has 0 unspecified atom stereocenters. The van der Waals surface area contributed by atoms with Gasteiger partial charge in [-0.15, -0.1) is 0 Å². The Morgan fingerprint density at radius 2 is 1.30 bits per heavy atom. The maximum Gasteiger partial charge on any atom is 0.116 e. The van der Waals surface area contributed by atoms with E-state index < -0.39 is 0 Å². The highest BCUT2D eigenvalue weighted by Crippen LogP contribution is 2.27. The van der Waals surface area contributed by atoms with E-state index in [0.29, 0.717) is 0 Å². The van der Waals surface area contributed by atoms with Crippen LogP contribution in [0.3, 0.4) is 0 Å². The predicted octanol–water partition coefficient (Wildman–Crippen LogP) is 5.46. The van der Waals surface area contributed by atoms with Crippen molar-refractivity contribution in [3.05, 3.63) is 91.5 Å². The second-order valence-corrected chi connectivity index (χ2v) is 7.14. The van der Waals surface area contributed by atoms with Gasteiger partial charge < -0.3 is 0 Å². The number of aromatic nitrogens is 5. The van der Waals surface area contributed by atoms with Gasteiger partial charge in [0.1, 0.15) is 6.33 Å². The lowest BCUT2D eigenvalue weighted by Crippen LogP contribution is -1.90. The molecular weight excluding hydrogens is 370 g/mol. The molecule has 3 aromatic heterocycles. The minimum atomic E-state index is 0.855. The first kappa shape index (κ1) is 16.7. The Morgan fingerprint density at radius 3 is 2.27 bits per heavy atom. The van der Waals surface area contributed by atoms with Crippen molar-refractivity contribution in [1.29, 1.82) is 0 Å². The number of nitrogens with zero attached hydrogens (tertiary/aromatic N) is 5. The Labute approximate surface area is 172 Å². The molecule has 0 atom stereocenters. The van der Waals surface area contributed by atoms with E-state index in [1.165, 1.54) is 0 Å². The highest BCUT2D eigenvalue weighted by molar-refractivity contribution is 5.88. The van der Waals surface area contributed by atoms with Crippen molar-refractivity contribution in [2.24, 2.45) is 0 Å². The first-order chi connectivity index (χ1) is 14.8. The van der Waals surface area contributed by atoms with Gasteiger partial charge in [0.25, 0.3) is 0 Å². The van der Waals surface area contributed by atoms with Gasteiger partial charge in [-0.3, -0.25) is 4.98 Å². The van der Waals surface area contributed by atoms with E-state index in [9.17, 15) is 0 Å². The molecule has 0 saturated heterocycles. The average molecular weight is 385 g/mol. The summed E-state index contributed by atoms with van der Waals surface area (Å²) in [5, 5.41) is 2.08. The topological polar surface area (TPSA) is 64.5 Å². The molecule has 0 spiro atoms. The smallest absolute Gasteiger partial charge is 0.116 e. The highest BCUT2D eigenvalue weighted by Gasteiger charge is 2.07. The zero-order valence-electron chi connectivity index (χ0n) is 15.9. The van der Waals surface area contributed by atoms with Crippen LogP contribution in [-0.2, 0) is 0 Å². The Kier molecular flexibility index (Phi) is 3.71. The standard InChI is InChI=1S/C25H15N5/c1-2-4-23-22(3-1)27-14-25(30-23)17-8-10-20-16(11-17)7-9-21(29-20)18-5-6-19-13-26-15-28-24(19)12-18/h1-15H. The quantitative estimate of drug-likeness (QED) is 0.396. The second-order valence-electron chi connectivity index (χ2n) is 7.14. The average Bonchev–Trinajstić information content (AvgIpc) is 2.83. The summed E-state index contributed by atoms with van der Waals surface area (Å²) in [5.74, 6) is 0. The first-order valence-electron chi connectivity index (χ1n) is 9.67. The molecule has 0 aliphatic rings. The Hall–Kier alpha value is -4.25. The number of rotatable bonds is 2. The van der Waals surface area contributed by atoms with Crippen LogP contribution in [-0.4, -0.2) is 24.9 Å². The van der Waals surface area contributed by atoms with Crippen LogP contribution in [0.4, 0.5) is 0 Å².